The number of rotatable bonds is 6. The largest absolute Gasteiger partial charge is 0.497 e. The van der Waals surface area contributed by atoms with Gasteiger partial charge in [0, 0.05) is 6.04 Å². The van der Waals surface area contributed by atoms with E-state index in [1.807, 2.05) is 24.3 Å². The van der Waals surface area contributed by atoms with Crippen molar-refractivity contribution in [1.29, 1.82) is 0 Å². The van der Waals surface area contributed by atoms with Gasteiger partial charge in [-0.1, -0.05) is 12.1 Å². The quantitative estimate of drug-likeness (QED) is 0.765. The molecule has 3 N–H and O–H groups in total. The zero-order valence-electron chi connectivity index (χ0n) is 9.35. The van der Waals surface area contributed by atoms with Gasteiger partial charge in [-0.15, -0.1) is 0 Å². The van der Waals surface area contributed by atoms with Crippen LogP contribution >= 0.6 is 0 Å². The zero-order valence-corrected chi connectivity index (χ0v) is 9.35. The Balaban J connectivity index is 2.39. The van der Waals surface area contributed by atoms with Gasteiger partial charge < -0.3 is 15.6 Å². The van der Waals surface area contributed by atoms with Crippen LogP contribution in [-0.2, 0) is 11.2 Å². The second-order valence-corrected chi connectivity index (χ2v) is 3.74. The summed E-state index contributed by atoms with van der Waals surface area (Å²) < 4.78 is 5.04. The first kappa shape index (κ1) is 12.5. The van der Waals surface area contributed by atoms with E-state index in [4.69, 9.17) is 15.6 Å². The van der Waals surface area contributed by atoms with Crippen molar-refractivity contribution in [2.45, 2.75) is 25.3 Å². The number of benzene rings is 1. The second kappa shape index (κ2) is 6.12. The molecule has 1 rings (SSSR count). The van der Waals surface area contributed by atoms with E-state index in [1.165, 1.54) is 0 Å². The topological polar surface area (TPSA) is 72.5 Å². The predicted molar refractivity (Wildman–Crippen MR) is 61.5 cm³/mol. The molecule has 88 valence electrons. The lowest BCUT2D eigenvalue weighted by Crippen LogP contribution is -2.24. The molecule has 0 aliphatic carbocycles. The first-order valence-corrected chi connectivity index (χ1v) is 5.22. The van der Waals surface area contributed by atoms with Crippen molar-refractivity contribution in [2.75, 3.05) is 7.11 Å². The number of carboxylic acids is 1. The molecule has 0 spiro atoms. The van der Waals surface area contributed by atoms with Crippen molar-refractivity contribution in [1.82, 2.24) is 0 Å². The van der Waals surface area contributed by atoms with Gasteiger partial charge in [-0.25, -0.2) is 0 Å². The van der Waals surface area contributed by atoms with Gasteiger partial charge in [0.25, 0.3) is 0 Å². The first-order chi connectivity index (χ1) is 7.61. The molecule has 0 amide bonds. The Bertz CT molecular complexity index is 335. The molecule has 1 unspecified atom stereocenters. The normalized spacial score (nSPS) is 12.1. The van der Waals surface area contributed by atoms with Gasteiger partial charge in [-0.3, -0.25) is 4.79 Å². The molecule has 16 heavy (non-hydrogen) atoms. The average Bonchev–Trinajstić information content (AvgIpc) is 2.26. The highest BCUT2D eigenvalue weighted by molar-refractivity contribution is 5.67. The average molecular weight is 223 g/mol. The molecule has 0 aromatic heterocycles. The number of nitrogens with two attached hydrogens (primary N) is 1. The molecule has 4 heteroatoms. The summed E-state index contributed by atoms with van der Waals surface area (Å²) in [6.45, 7) is 0. The van der Waals surface area contributed by atoms with Crippen molar-refractivity contribution < 1.29 is 14.6 Å². The van der Waals surface area contributed by atoms with E-state index < -0.39 is 5.97 Å². The molecule has 0 heterocycles. The first-order valence-electron chi connectivity index (χ1n) is 5.22. The number of ether oxygens (including phenoxy) is 1. The van der Waals surface area contributed by atoms with Crippen molar-refractivity contribution >= 4 is 5.97 Å². The van der Waals surface area contributed by atoms with Gasteiger partial charge in [0.1, 0.15) is 5.75 Å². The highest BCUT2D eigenvalue weighted by atomic mass is 16.5. The van der Waals surface area contributed by atoms with Crippen LogP contribution in [0.4, 0.5) is 0 Å². The summed E-state index contributed by atoms with van der Waals surface area (Å²) in [5.74, 6) is -0.0270. The molecule has 1 aromatic carbocycles. The minimum absolute atomic E-state index is 0.0240. The third kappa shape index (κ3) is 4.31. The van der Waals surface area contributed by atoms with Crippen LogP contribution in [0.2, 0.25) is 0 Å². The number of hydrogen-bond donors (Lipinski definition) is 2. The molecule has 4 nitrogen and oxygen atoms in total. The van der Waals surface area contributed by atoms with E-state index in [9.17, 15) is 4.79 Å². The Morgan fingerprint density at radius 1 is 1.44 bits per heavy atom. The number of hydrogen-bond acceptors (Lipinski definition) is 3. The third-order valence-electron chi connectivity index (χ3n) is 2.40. The van der Waals surface area contributed by atoms with Gasteiger partial charge in [-0.2, -0.15) is 0 Å². The van der Waals surface area contributed by atoms with Crippen LogP contribution in [0.15, 0.2) is 24.3 Å². The van der Waals surface area contributed by atoms with Gasteiger partial charge >= 0.3 is 5.97 Å². The fourth-order valence-corrected chi connectivity index (χ4v) is 1.47. The molecule has 0 bridgehead atoms. The number of carbonyl (C=O) groups is 1. The summed E-state index contributed by atoms with van der Waals surface area (Å²) in [5.41, 5.74) is 6.81. The van der Waals surface area contributed by atoms with Crippen molar-refractivity contribution in [3.8, 4) is 5.75 Å². The van der Waals surface area contributed by atoms with E-state index in [2.05, 4.69) is 0 Å². The molecule has 0 aliphatic heterocycles. The Morgan fingerprint density at radius 2 is 2.06 bits per heavy atom. The van der Waals surface area contributed by atoms with E-state index >= 15 is 0 Å². The molecular formula is C12H17NO3. The smallest absolute Gasteiger partial charge is 0.304 e. The second-order valence-electron chi connectivity index (χ2n) is 3.74. The Hall–Kier alpha value is -1.55. The van der Waals surface area contributed by atoms with Gasteiger partial charge in [0.2, 0.25) is 0 Å². The summed E-state index contributed by atoms with van der Waals surface area (Å²) in [7, 11) is 1.62. The molecule has 0 aliphatic rings. The Kier molecular flexibility index (Phi) is 4.79. The van der Waals surface area contributed by atoms with E-state index in [0.717, 1.165) is 17.7 Å². The molecule has 0 saturated carbocycles. The lowest BCUT2D eigenvalue weighted by Gasteiger charge is -2.08. The maximum absolute atomic E-state index is 10.4. The predicted octanol–water partition coefficient (Wildman–Crippen LogP) is 1.43. The van der Waals surface area contributed by atoms with Crippen LogP contribution in [0, 0.1) is 0 Å². The summed E-state index contributed by atoms with van der Waals surface area (Å²) in [4.78, 5) is 10.4. The fourth-order valence-electron chi connectivity index (χ4n) is 1.47. The van der Waals surface area contributed by atoms with E-state index in [-0.39, 0.29) is 12.5 Å². The van der Waals surface area contributed by atoms with E-state index in [1.54, 1.807) is 7.11 Å². The minimum atomic E-state index is -0.845. The van der Waals surface area contributed by atoms with Crippen molar-refractivity contribution in [3.63, 3.8) is 0 Å². The van der Waals surface area contributed by atoms with Crippen LogP contribution in [0.5, 0.6) is 5.75 Å². The Labute approximate surface area is 95.0 Å². The summed E-state index contributed by atoms with van der Waals surface area (Å²) in [5, 5.41) is 8.55. The van der Waals surface area contributed by atoms with Crippen molar-refractivity contribution in [3.05, 3.63) is 29.8 Å². The lowest BCUT2D eigenvalue weighted by atomic mass is 10.0. The zero-order chi connectivity index (χ0) is 12.0. The summed E-state index contributed by atoms with van der Waals surface area (Å²) in [6.07, 6.45) is 1.49. The van der Waals surface area contributed by atoms with E-state index in [0.29, 0.717) is 6.42 Å². The molecule has 0 saturated heterocycles. The van der Waals surface area contributed by atoms with Crippen LogP contribution in [0.25, 0.3) is 0 Å². The van der Waals surface area contributed by atoms with Gasteiger partial charge in [0.05, 0.1) is 13.5 Å². The molecular weight excluding hydrogens is 206 g/mol. The highest BCUT2D eigenvalue weighted by Gasteiger charge is 2.07. The molecule has 1 atom stereocenters. The van der Waals surface area contributed by atoms with Gasteiger partial charge in [-0.05, 0) is 30.5 Å². The van der Waals surface area contributed by atoms with Crippen molar-refractivity contribution in [2.24, 2.45) is 5.73 Å². The minimum Gasteiger partial charge on any atom is -0.497 e. The molecule has 0 fully saturated rings. The third-order valence-corrected chi connectivity index (χ3v) is 2.40. The molecule has 0 radical (unpaired) electrons. The van der Waals surface area contributed by atoms with Gasteiger partial charge in [0.15, 0.2) is 0 Å². The lowest BCUT2D eigenvalue weighted by molar-refractivity contribution is -0.137. The van der Waals surface area contributed by atoms with Crippen LogP contribution in [0.1, 0.15) is 18.4 Å². The summed E-state index contributed by atoms with van der Waals surface area (Å²) in [6, 6.07) is 7.42. The number of methoxy groups -OCH3 is 1. The van der Waals surface area contributed by atoms with Crippen LogP contribution in [0.3, 0.4) is 0 Å². The van der Waals surface area contributed by atoms with Crippen LogP contribution < -0.4 is 10.5 Å². The highest BCUT2D eigenvalue weighted by Crippen LogP contribution is 2.13. The number of aliphatic carboxylic acids is 1. The number of carboxylic acid groups (broad SMARTS) is 1. The maximum Gasteiger partial charge on any atom is 0.304 e. The summed E-state index contributed by atoms with van der Waals surface area (Å²) >= 11 is 0. The fraction of sp³-hybridized carbons (Fsp3) is 0.417. The Morgan fingerprint density at radius 3 is 2.56 bits per heavy atom. The number of aryl methyl sites for hydroxylation is 1. The monoisotopic (exact) mass is 223 g/mol. The van der Waals surface area contributed by atoms with Crippen LogP contribution in [-0.4, -0.2) is 24.2 Å². The maximum atomic E-state index is 10.4. The SMILES string of the molecule is COc1ccc(CCC(N)CC(=O)O)cc1. The molecule has 1 aromatic rings. The standard InChI is InChI=1S/C12H17NO3/c1-16-11-6-3-9(4-7-11)2-5-10(13)8-12(14)15/h3-4,6-7,10H,2,5,8,13H2,1H3,(H,14,15).